The van der Waals surface area contributed by atoms with E-state index in [-0.39, 0.29) is 5.78 Å². The number of rotatable bonds is 4. The molecule has 0 saturated carbocycles. The summed E-state index contributed by atoms with van der Waals surface area (Å²) in [6, 6.07) is 2.05. The minimum absolute atomic E-state index is 0.251. The molecule has 1 aromatic heterocycles. The molecule has 0 aliphatic carbocycles. The number of hydrogen-bond donors (Lipinski definition) is 0. The van der Waals surface area contributed by atoms with E-state index in [1.54, 1.807) is 6.92 Å². The van der Waals surface area contributed by atoms with Gasteiger partial charge in [0, 0.05) is 18.7 Å². The van der Waals surface area contributed by atoms with Gasteiger partial charge in [0.2, 0.25) is 0 Å². The molecular weight excluding hydrogens is 164 g/mol. The molecule has 0 fully saturated rings. The van der Waals surface area contributed by atoms with Crippen molar-refractivity contribution in [2.45, 2.75) is 40.2 Å². The lowest BCUT2D eigenvalue weighted by atomic mass is 10.2. The molecule has 0 N–H and O–H groups in total. The van der Waals surface area contributed by atoms with Crippen molar-refractivity contribution in [3.05, 3.63) is 17.5 Å². The first kappa shape index (κ1) is 9.96. The molecule has 1 aromatic rings. The Balaban J connectivity index is 2.45. The second-order valence-corrected chi connectivity index (χ2v) is 3.46. The Kier molecular flexibility index (Phi) is 3.23. The van der Waals surface area contributed by atoms with Crippen LogP contribution in [0.3, 0.4) is 0 Å². The second kappa shape index (κ2) is 4.21. The molecule has 0 amide bonds. The SMILES string of the molecule is CC(=O)CCCn1nc(C)cc1C. The van der Waals surface area contributed by atoms with Gasteiger partial charge < -0.3 is 4.79 Å². The molecule has 0 aromatic carbocycles. The zero-order valence-electron chi connectivity index (χ0n) is 8.50. The molecule has 3 nitrogen and oxygen atoms in total. The van der Waals surface area contributed by atoms with Gasteiger partial charge in [0.25, 0.3) is 0 Å². The van der Waals surface area contributed by atoms with E-state index >= 15 is 0 Å². The summed E-state index contributed by atoms with van der Waals surface area (Å²) in [5.74, 6) is 0.251. The van der Waals surface area contributed by atoms with Crippen LogP contribution in [0, 0.1) is 13.8 Å². The first-order chi connectivity index (χ1) is 6.09. The zero-order valence-corrected chi connectivity index (χ0v) is 8.50. The Hall–Kier alpha value is -1.12. The molecule has 0 unspecified atom stereocenters. The molecule has 0 saturated heterocycles. The minimum Gasteiger partial charge on any atom is -0.300 e. The van der Waals surface area contributed by atoms with Crippen LogP contribution >= 0.6 is 0 Å². The third-order valence-corrected chi connectivity index (χ3v) is 2.00. The number of carbonyl (C=O) groups excluding carboxylic acids is 1. The highest BCUT2D eigenvalue weighted by Gasteiger charge is 2.00. The molecular formula is C10H16N2O. The third-order valence-electron chi connectivity index (χ3n) is 2.00. The van der Waals surface area contributed by atoms with Gasteiger partial charge >= 0.3 is 0 Å². The van der Waals surface area contributed by atoms with Gasteiger partial charge in [-0.1, -0.05) is 0 Å². The topological polar surface area (TPSA) is 34.9 Å². The van der Waals surface area contributed by atoms with Crippen LogP contribution in [0.25, 0.3) is 0 Å². The van der Waals surface area contributed by atoms with Crippen molar-refractivity contribution in [3.8, 4) is 0 Å². The molecule has 0 spiro atoms. The predicted octanol–water partition coefficient (Wildman–Crippen LogP) is 1.87. The van der Waals surface area contributed by atoms with Crippen LogP contribution in [0.2, 0.25) is 0 Å². The Morgan fingerprint density at radius 1 is 1.54 bits per heavy atom. The number of ketones is 1. The molecule has 3 heteroatoms. The second-order valence-electron chi connectivity index (χ2n) is 3.46. The Morgan fingerprint density at radius 2 is 2.23 bits per heavy atom. The summed E-state index contributed by atoms with van der Waals surface area (Å²) in [5.41, 5.74) is 2.21. The highest BCUT2D eigenvalue weighted by Crippen LogP contribution is 2.03. The first-order valence-corrected chi connectivity index (χ1v) is 4.60. The summed E-state index contributed by atoms with van der Waals surface area (Å²) in [6.45, 7) is 6.49. The molecule has 0 bridgehead atoms. The van der Waals surface area contributed by atoms with Crippen LogP contribution < -0.4 is 0 Å². The van der Waals surface area contributed by atoms with Gasteiger partial charge in [0.05, 0.1) is 5.69 Å². The Labute approximate surface area is 78.8 Å². The van der Waals surface area contributed by atoms with Crippen molar-refractivity contribution in [3.63, 3.8) is 0 Å². The standard InChI is InChI=1S/C10H16N2O/c1-8-7-9(2)12(11-8)6-4-5-10(3)13/h7H,4-6H2,1-3H3. The largest absolute Gasteiger partial charge is 0.300 e. The minimum atomic E-state index is 0.251. The molecule has 13 heavy (non-hydrogen) atoms. The van der Waals surface area contributed by atoms with Crippen LogP contribution in [0.5, 0.6) is 0 Å². The molecule has 0 atom stereocenters. The fourth-order valence-corrected chi connectivity index (χ4v) is 1.38. The van der Waals surface area contributed by atoms with E-state index in [1.165, 1.54) is 5.69 Å². The summed E-state index contributed by atoms with van der Waals surface area (Å²) in [5, 5.41) is 4.31. The molecule has 1 rings (SSSR count). The number of aromatic nitrogens is 2. The normalized spacial score (nSPS) is 10.4. The third kappa shape index (κ3) is 3.01. The maximum Gasteiger partial charge on any atom is 0.129 e. The number of carbonyl (C=O) groups is 1. The van der Waals surface area contributed by atoms with Crippen LogP contribution in [0.15, 0.2) is 6.07 Å². The van der Waals surface area contributed by atoms with Gasteiger partial charge in [-0.3, -0.25) is 4.68 Å². The summed E-state index contributed by atoms with van der Waals surface area (Å²) in [6.07, 6.45) is 1.54. The van der Waals surface area contributed by atoms with E-state index in [1.807, 2.05) is 24.6 Å². The smallest absolute Gasteiger partial charge is 0.129 e. The van der Waals surface area contributed by atoms with Gasteiger partial charge in [-0.25, -0.2) is 0 Å². The molecule has 0 aliphatic rings. The van der Waals surface area contributed by atoms with Crippen LogP contribution in [-0.4, -0.2) is 15.6 Å². The number of nitrogens with zero attached hydrogens (tertiary/aromatic N) is 2. The van der Waals surface area contributed by atoms with Gasteiger partial charge in [0.15, 0.2) is 0 Å². The van der Waals surface area contributed by atoms with E-state index in [4.69, 9.17) is 0 Å². The average molecular weight is 180 g/mol. The van der Waals surface area contributed by atoms with Gasteiger partial charge in [0.1, 0.15) is 5.78 Å². The van der Waals surface area contributed by atoms with Crippen LogP contribution in [0.4, 0.5) is 0 Å². The molecule has 1 heterocycles. The summed E-state index contributed by atoms with van der Waals surface area (Å²) in [4.78, 5) is 10.7. The fraction of sp³-hybridized carbons (Fsp3) is 0.600. The van der Waals surface area contributed by atoms with Crippen molar-refractivity contribution in [2.75, 3.05) is 0 Å². The van der Waals surface area contributed by atoms with Crippen molar-refractivity contribution < 1.29 is 4.79 Å². The summed E-state index contributed by atoms with van der Waals surface area (Å²) in [7, 11) is 0. The van der Waals surface area contributed by atoms with Crippen molar-refractivity contribution in [1.82, 2.24) is 9.78 Å². The van der Waals surface area contributed by atoms with E-state index in [0.29, 0.717) is 6.42 Å². The van der Waals surface area contributed by atoms with Gasteiger partial charge in [-0.2, -0.15) is 5.10 Å². The average Bonchev–Trinajstić information content (AvgIpc) is 2.29. The molecule has 72 valence electrons. The Bertz CT molecular complexity index is 302. The zero-order chi connectivity index (χ0) is 9.84. The van der Waals surface area contributed by atoms with Crippen molar-refractivity contribution >= 4 is 5.78 Å². The lowest BCUT2D eigenvalue weighted by molar-refractivity contribution is -0.117. The lowest BCUT2D eigenvalue weighted by Gasteiger charge is -2.01. The first-order valence-electron chi connectivity index (χ1n) is 4.60. The number of aryl methyl sites for hydroxylation is 3. The highest BCUT2D eigenvalue weighted by molar-refractivity contribution is 5.75. The monoisotopic (exact) mass is 180 g/mol. The van der Waals surface area contributed by atoms with Crippen molar-refractivity contribution in [2.24, 2.45) is 0 Å². The van der Waals surface area contributed by atoms with Crippen LogP contribution in [-0.2, 0) is 11.3 Å². The van der Waals surface area contributed by atoms with E-state index in [9.17, 15) is 4.79 Å². The molecule has 0 aliphatic heterocycles. The fourth-order valence-electron chi connectivity index (χ4n) is 1.38. The number of Topliss-reactive ketones (excluding diaryl/α,β-unsaturated/α-hetero) is 1. The van der Waals surface area contributed by atoms with Gasteiger partial charge in [-0.15, -0.1) is 0 Å². The predicted molar refractivity (Wildman–Crippen MR) is 51.6 cm³/mol. The van der Waals surface area contributed by atoms with E-state index in [0.717, 1.165) is 18.7 Å². The number of hydrogen-bond acceptors (Lipinski definition) is 2. The Morgan fingerprint density at radius 3 is 2.69 bits per heavy atom. The van der Waals surface area contributed by atoms with Crippen LogP contribution in [0.1, 0.15) is 31.2 Å². The van der Waals surface area contributed by atoms with E-state index < -0.39 is 0 Å². The maximum atomic E-state index is 10.7. The summed E-state index contributed by atoms with van der Waals surface area (Å²) < 4.78 is 1.96. The van der Waals surface area contributed by atoms with E-state index in [2.05, 4.69) is 5.10 Å². The maximum absolute atomic E-state index is 10.7. The van der Waals surface area contributed by atoms with Gasteiger partial charge in [-0.05, 0) is 33.3 Å². The molecule has 0 radical (unpaired) electrons. The highest BCUT2D eigenvalue weighted by atomic mass is 16.1. The lowest BCUT2D eigenvalue weighted by Crippen LogP contribution is -2.04. The summed E-state index contributed by atoms with van der Waals surface area (Å²) >= 11 is 0. The van der Waals surface area contributed by atoms with Crippen molar-refractivity contribution in [1.29, 1.82) is 0 Å². The quantitative estimate of drug-likeness (QED) is 0.709.